The molecule has 0 aromatic carbocycles. The molecule has 0 heterocycles. The van der Waals surface area contributed by atoms with E-state index in [1.807, 2.05) is 0 Å². The Labute approximate surface area is 126 Å². The Balaban J connectivity index is 2.63. The van der Waals surface area contributed by atoms with E-state index in [0.29, 0.717) is 12.1 Å². The van der Waals surface area contributed by atoms with Gasteiger partial charge in [-0.05, 0) is 31.7 Å². The van der Waals surface area contributed by atoms with Gasteiger partial charge in [0.15, 0.2) is 0 Å². The van der Waals surface area contributed by atoms with Crippen LogP contribution in [0.5, 0.6) is 0 Å². The highest BCUT2D eigenvalue weighted by Crippen LogP contribution is 2.34. The minimum atomic E-state index is -0.0415. The zero-order valence-corrected chi connectivity index (χ0v) is 14.3. The average Bonchev–Trinajstić information content (AvgIpc) is 2.84. The molecule has 3 heteroatoms. The molecule has 1 rings (SSSR count). The Kier molecular flexibility index (Phi) is 7.49. The van der Waals surface area contributed by atoms with Gasteiger partial charge in [0.1, 0.15) is 0 Å². The number of aliphatic hydroxyl groups is 1. The monoisotopic (exact) mass is 284 g/mol. The quantitative estimate of drug-likeness (QED) is 0.683. The molecule has 0 saturated heterocycles. The summed E-state index contributed by atoms with van der Waals surface area (Å²) in [6.07, 6.45) is 5.96. The molecule has 0 radical (unpaired) electrons. The maximum atomic E-state index is 9.83. The summed E-state index contributed by atoms with van der Waals surface area (Å²) in [5, 5.41) is 13.4. The van der Waals surface area contributed by atoms with E-state index in [-0.39, 0.29) is 12.1 Å². The smallest absolute Gasteiger partial charge is 0.0614 e. The normalized spacial score (nSPS) is 27.1. The van der Waals surface area contributed by atoms with Crippen molar-refractivity contribution in [3.8, 4) is 0 Å². The predicted molar refractivity (Wildman–Crippen MR) is 87.0 cm³/mol. The number of rotatable bonds is 9. The lowest BCUT2D eigenvalue weighted by Gasteiger charge is -2.34. The van der Waals surface area contributed by atoms with E-state index in [9.17, 15) is 5.11 Å². The first-order valence-electron chi connectivity index (χ1n) is 8.62. The summed E-state index contributed by atoms with van der Waals surface area (Å²) in [5.41, 5.74) is -0.0415. The third-order valence-electron chi connectivity index (χ3n) is 5.05. The molecule has 1 aliphatic rings. The van der Waals surface area contributed by atoms with Gasteiger partial charge in [0.25, 0.3) is 0 Å². The molecule has 1 aliphatic carbocycles. The summed E-state index contributed by atoms with van der Waals surface area (Å²) in [4.78, 5) is 2.65. The van der Waals surface area contributed by atoms with Gasteiger partial charge in [0, 0.05) is 24.2 Å². The van der Waals surface area contributed by atoms with E-state index in [0.717, 1.165) is 25.3 Å². The first-order chi connectivity index (χ1) is 9.50. The van der Waals surface area contributed by atoms with E-state index in [1.165, 1.54) is 25.8 Å². The fraction of sp³-hybridized carbons (Fsp3) is 1.00. The lowest BCUT2D eigenvalue weighted by molar-refractivity contribution is 0.128. The maximum Gasteiger partial charge on any atom is 0.0614 e. The number of hydrogen-bond donors (Lipinski definition) is 2. The van der Waals surface area contributed by atoms with Crippen molar-refractivity contribution >= 4 is 0 Å². The second-order valence-electron chi connectivity index (χ2n) is 6.90. The zero-order valence-electron chi connectivity index (χ0n) is 14.3. The molecule has 0 spiro atoms. The van der Waals surface area contributed by atoms with Crippen molar-refractivity contribution in [2.75, 3.05) is 19.7 Å². The Morgan fingerprint density at radius 2 is 1.90 bits per heavy atom. The van der Waals surface area contributed by atoms with Gasteiger partial charge in [-0.15, -0.1) is 0 Å². The van der Waals surface area contributed by atoms with E-state index in [1.54, 1.807) is 0 Å². The average molecular weight is 284 g/mol. The predicted octanol–water partition coefficient (Wildman–Crippen LogP) is 3.03. The Hall–Kier alpha value is -0.120. The van der Waals surface area contributed by atoms with Crippen molar-refractivity contribution in [3.05, 3.63) is 0 Å². The zero-order chi connectivity index (χ0) is 15.2. The van der Waals surface area contributed by atoms with Crippen LogP contribution in [0.2, 0.25) is 0 Å². The number of nitrogens with zero attached hydrogens (tertiary/aromatic N) is 1. The van der Waals surface area contributed by atoms with Crippen LogP contribution in [-0.4, -0.2) is 47.3 Å². The summed E-state index contributed by atoms with van der Waals surface area (Å²) >= 11 is 0. The van der Waals surface area contributed by atoms with Gasteiger partial charge < -0.3 is 15.3 Å². The van der Waals surface area contributed by atoms with Crippen LogP contribution in [0.3, 0.4) is 0 Å². The summed E-state index contributed by atoms with van der Waals surface area (Å²) in [6.45, 7) is 13.8. The molecule has 0 aromatic heterocycles. The van der Waals surface area contributed by atoms with Crippen molar-refractivity contribution in [3.63, 3.8) is 0 Å². The molecule has 2 atom stereocenters. The van der Waals surface area contributed by atoms with Gasteiger partial charge in [0.05, 0.1) is 6.61 Å². The molecule has 0 aromatic rings. The fourth-order valence-corrected chi connectivity index (χ4v) is 3.76. The van der Waals surface area contributed by atoms with Crippen LogP contribution in [0.1, 0.15) is 66.7 Å². The van der Waals surface area contributed by atoms with E-state index >= 15 is 0 Å². The van der Waals surface area contributed by atoms with E-state index in [2.05, 4.69) is 44.8 Å². The molecule has 1 fully saturated rings. The van der Waals surface area contributed by atoms with Crippen molar-refractivity contribution in [1.82, 2.24) is 10.2 Å². The molecule has 2 unspecified atom stereocenters. The van der Waals surface area contributed by atoms with Gasteiger partial charge in [-0.25, -0.2) is 0 Å². The summed E-state index contributed by atoms with van der Waals surface area (Å²) in [5.74, 6) is 0.817. The number of aliphatic hydroxyl groups excluding tert-OH is 1. The molecule has 3 nitrogen and oxygen atoms in total. The van der Waals surface area contributed by atoms with Crippen molar-refractivity contribution in [1.29, 1.82) is 0 Å². The second-order valence-corrected chi connectivity index (χ2v) is 6.90. The van der Waals surface area contributed by atoms with Crippen molar-refractivity contribution in [2.45, 2.75) is 84.3 Å². The third kappa shape index (κ3) is 4.71. The molecule has 20 heavy (non-hydrogen) atoms. The highest BCUT2D eigenvalue weighted by Gasteiger charge is 2.40. The van der Waals surface area contributed by atoms with E-state index in [4.69, 9.17) is 0 Å². The standard InChI is InChI=1S/C17H36N2O/c1-6-15(7-2)12-19(8-3)16-9-10-17(11-16,13-20)18-14(4)5/h14-16,18,20H,6-13H2,1-5H3. The largest absolute Gasteiger partial charge is 0.394 e. The van der Waals surface area contributed by atoms with Crippen molar-refractivity contribution < 1.29 is 5.11 Å². The Morgan fingerprint density at radius 3 is 2.35 bits per heavy atom. The highest BCUT2D eigenvalue weighted by atomic mass is 16.3. The van der Waals surface area contributed by atoms with Crippen LogP contribution < -0.4 is 5.32 Å². The van der Waals surface area contributed by atoms with Crippen LogP contribution in [0, 0.1) is 5.92 Å². The molecular formula is C17H36N2O. The topological polar surface area (TPSA) is 35.5 Å². The molecule has 1 saturated carbocycles. The lowest BCUT2D eigenvalue weighted by Crippen LogP contribution is -2.51. The SMILES string of the molecule is CCC(CC)CN(CC)C1CCC(CO)(NC(C)C)C1. The molecule has 0 aliphatic heterocycles. The van der Waals surface area contributed by atoms with E-state index < -0.39 is 0 Å². The van der Waals surface area contributed by atoms with Crippen LogP contribution in [-0.2, 0) is 0 Å². The van der Waals surface area contributed by atoms with Gasteiger partial charge in [-0.3, -0.25) is 0 Å². The molecular weight excluding hydrogens is 248 g/mol. The fourth-order valence-electron chi connectivity index (χ4n) is 3.76. The molecule has 0 bridgehead atoms. The molecule has 2 N–H and O–H groups in total. The van der Waals surface area contributed by atoms with Gasteiger partial charge in [-0.1, -0.05) is 47.5 Å². The Morgan fingerprint density at radius 1 is 1.25 bits per heavy atom. The summed E-state index contributed by atoms with van der Waals surface area (Å²) in [7, 11) is 0. The third-order valence-corrected chi connectivity index (χ3v) is 5.05. The van der Waals surface area contributed by atoms with Gasteiger partial charge >= 0.3 is 0 Å². The van der Waals surface area contributed by atoms with Gasteiger partial charge in [0.2, 0.25) is 0 Å². The number of nitrogens with one attached hydrogen (secondary N) is 1. The first-order valence-corrected chi connectivity index (χ1v) is 8.62. The van der Waals surface area contributed by atoms with Gasteiger partial charge in [-0.2, -0.15) is 0 Å². The minimum Gasteiger partial charge on any atom is -0.394 e. The molecule has 120 valence electrons. The number of hydrogen-bond acceptors (Lipinski definition) is 3. The minimum absolute atomic E-state index is 0.0415. The summed E-state index contributed by atoms with van der Waals surface area (Å²) < 4.78 is 0. The van der Waals surface area contributed by atoms with Crippen molar-refractivity contribution in [2.24, 2.45) is 5.92 Å². The van der Waals surface area contributed by atoms with Crippen LogP contribution >= 0.6 is 0 Å². The van der Waals surface area contributed by atoms with Crippen LogP contribution in [0.4, 0.5) is 0 Å². The van der Waals surface area contributed by atoms with Crippen LogP contribution in [0.15, 0.2) is 0 Å². The maximum absolute atomic E-state index is 9.83. The molecule has 0 amide bonds. The lowest BCUT2D eigenvalue weighted by atomic mass is 9.96. The Bertz CT molecular complexity index is 266. The highest BCUT2D eigenvalue weighted by molar-refractivity contribution is 5.00. The second kappa shape index (κ2) is 8.35. The van der Waals surface area contributed by atoms with Crippen LogP contribution in [0.25, 0.3) is 0 Å². The first kappa shape index (κ1) is 17.9. The summed E-state index contributed by atoms with van der Waals surface area (Å²) in [6, 6.07) is 1.08.